The molecule has 0 fully saturated rings. The summed E-state index contributed by atoms with van der Waals surface area (Å²) >= 11 is 7.98. The van der Waals surface area contributed by atoms with Crippen LogP contribution < -0.4 is 10.6 Å². The van der Waals surface area contributed by atoms with Crippen molar-refractivity contribution in [2.24, 2.45) is 0 Å². The Labute approximate surface area is 133 Å². The summed E-state index contributed by atoms with van der Waals surface area (Å²) in [6.07, 6.45) is 0. The molecule has 1 aliphatic rings. The second-order valence-corrected chi connectivity index (χ2v) is 6.29. The zero-order valence-corrected chi connectivity index (χ0v) is 13.1. The van der Waals surface area contributed by atoms with Crippen LogP contribution in [0.1, 0.15) is 18.5 Å². The average molecular weight is 319 g/mol. The number of likely N-dealkylation sites (N-methyl/N-ethyl adjacent to an activating group) is 1. The largest absolute Gasteiger partial charge is 0.324 e. The zero-order chi connectivity index (χ0) is 14.8. The lowest BCUT2D eigenvalue weighted by Gasteiger charge is -2.11. The lowest BCUT2D eigenvalue weighted by Crippen LogP contribution is -2.27. The van der Waals surface area contributed by atoms with Crippen LogP contribution in [0.2, 0.25) is 5.02 Å². The standard InChI is InChI=1S/C16H15ClN2OS/c1-2-18-15-11-8-12(17)14(9-13(11)19-16(15)20)21-10-6-4-3-5-7-10/h3-9,15,18H,2H2,1H3,(H,19,20). The summed E-state index contributed by atoms with van der Waals surface area (Å²) in [5.74, 6) is -0.0234. The maximum absolute atomic E-state index is 12.0. The monoisotopic (exact) mass is 318 g/mol. The van der Waals surface area contributed by atoms with E-state index in [1.54, 1.807) is 11.8 Å². The van der Waals surface area contributed by atoms with Crippen LogP contribution in [0.3, 0.4) is 0 Å². The lowest BCUT2D eigenvalue weighted by atomic mass is 10.1. The lowest BCUT2D eigenvalue weighted by molar-refractivity contribution is -0.117. The minimum absolute atomic E-state index is 0.0234. The van der Waals surface area contributed by atoms with E-state index in [9.17, 15) is 4.79 Å². The van der Waals surface area contributed by atoms with Gasteiger partial charge in [0.1, 0.15) is 6.04 Å². The molecule has 0 bridgehead atoms. The highest BCUT2D eigenvalue weighted by molar-refractivity contribution is 7.99. The Morgan fingerprint density at radius 2 is 2.05 bits per heavy atom. The third-order valence-corrected chi connectivity index (χ3v) is 4.80. The van der Waals surface area contributed by atoms with E-state index in [0.29, 0.717) is 5.02 Å². The van der Waals surface area contributed by atoms with E-state index in [0.717, 1.165) is 27.6 Å². The predicted molar refractivity (Wildman–Crippen MR) is 87.1 cm³/mol. The minimum Gasteiger partial charge on any atom is -0.324 e. The number of halogens is 1. The van der Waals surface area contributed by atoms with Gasteiger partial charge in [-0.25, -0.2) is 0 Å². The van der Waals surface area contributed by atoms with Gasteiger partial charge >= 0.3 is 0 Å². The fourth-order valence-electron chi connectivity index (χ4n) is 2.36. The molecule has 1 atom stereocenters. The van der Waals surface area contributed by atoms with Crippen LogP contribution in [0, 0.1) is 0 Å². The minimum atomic E-state index is -0.307. The van der Waals surface area contributed by atoms with Gasteiger partial charge in [-0.2, -0.15) is 0 Å². The van der Waals surface area contributed by atoms with Crippen LogP contribution in [0.25, 0.3) is 0 Å². The van der Waals surface area contributed by atoms with E-state index < -0.39 is 0 Å². The van der Waals surface area contributed by atoms with E-state index >= 15 is 0 Å². The number of carbonyl (C=O) groups excluding carboxylic acids is 1. The van der Waals surface area contributed by atoms with Crippen molar-refractivity contribution in [3.05, 3.63) is 53.1 Å². The number of anilines is 1. The van der Waals surface area contributed by atoms with Crippen LogP contribution in [-0.4, -0.2) is 12.5 Å². The van der Waals surface area contributed by atoms with Gasteiger partial charge in [0.25, 0.3) is 0 Å². The van der Waals surface area contributed by atoms with Gasteiger partial charge in [0, 0.05) is 21.0 Å². The molecule has 0 aliphatic carbocycles. The Kier molecular flexibility index (Phi) is 4.19. The van der Waals surface area contributed by atoms with Gasteiger partial charge in [-0.3, -0.25) is 4.79 Å². The normalized spacial score (nSPS) is 16.7. The van der Waals surface area contributed by atoms with Crippen molar-refractivity contribution < 1.29 is 4.79 Å². The molecule has 1 heterocycles. The molecule has 0 spiro atoms. The van der Waals surface area contributed by atoms with Gasteiger partial charge in [0.05, 0.1) is 5.02 Å². The van der Waals surface area contributed by atoms with Gasteiger partial charge in [0.15, 0.2) is 0 Å². The van der Waals surface area contributed by atoms with Crippen molar-refractivity contribution in [1.82, 2.24) is 5.32 Å². The van der Waals surface area contributed by atoms with Crippen LogP contribution in [0.15, 0.2) is 52.3 Å². The number of hydrogen-bond acceptors (Lipinski definition) is 3. The molecule has 0 saturated carbocycles. The Morgan fingerprint density at radius 1 is 1.29 bits per heavy atom. The Morgan fingerprint density at radius 3 is 2.76 bits per heavy atom. The van der Waals surface area contributed by atoms with E-state index in [1.165, 1.54) is 0 Å². The first-order valence-electron chi connectivity index (χ1n) is 6.79. The van der Waals surface area contributed by atoms with Crippen molar-refractivity contribution in [3.63, 3.8) is 0 Å². The number of rotatable bonds is 4. The first kappa shape index (κ1) is 14.4. The first-order chi connectivity index (χ1) is 10.2. The summed E-state index contributed by atoms with van der Waals surface area (Å²) in [5.41, 5.74) is 1.76. The summed E-state index contributed by atoms with van der Waals surface area (Å²) in [7, 11) is 0. The molecule has 0 aromatic heterocycles. The van der Waals surface area contributed by atoms with E-state index in [4.69, 9.17) is 11.6 Å². The molecule has 0 saturated heterocycles. The maximum atomic E-state index is 12.0. The molecule has 2 aromatic carbocycles. The fraction of sp³-hybridized carbons (Fsp3) is 0.188. The van der Waals surface area contributed by atoms with E-state index in [1.807, 2.05) is 49.4 Å². The molecular formula is C16H15ClN2OS. The van der Waals surface area contributed by atoms with Crippen molar-refractivity contribution >= 4 is 35.0 Å². The number of carbonyl (C=O) groups is 1. The molecule has 3 rings (SSSR count). The number of benzene rings is 2. The van der Waals surface area contributed by atoms with Crippen molar-refractivity contribution in [3.8, 4) is 0 Å². The Bertz CT molecular complexity index is 675. The molecule has 5 heteroatoms. The van der Waals surface area contributed by atoms with Crippen LogP contribution in [-0.2, 0) is 4.79 Å². The van der Waals surface area contributed by atoms with Gasteiger partial charge in [0.2, 0.25) is 5.91 Å². The van der Waals surface area contributed by atoms with E-state index in [2.05, 4.69) is 10.6 Å². The molecule has 0 radical (unpaired) electrons. The van der Waals surface area contributed by atoms with Crippen LogP contribution in [0.4, 0.5) is 5.69 Å². The number of hydrogen-bond donors (Lipinski definition) is 2. The highest BCUT2D eigenvalue weighted by Crippen LogP contribution is 2.41. The quantitative estimate of drug-likeness (QED) is 0.892. The summed E-state index contributed by atoms with van der Waals surface area (Å²) in [5, 5.41) is 6.75. The van der Waals surface area contributed by atoms with Gasteiger partial charge in [-0.05, 0) is 30.8 Å². The van der Waals surface area contributed by atoms with Gasteiger partial charge in [-0.15, -0.1) is 0 Å². The van der Waals surface area contributed by atoms with Gasteiger partial charge < -0.3 is 10.6 Å². The second kappa shape index (κ2) is 6.10. The second-order valence-electron chi connectivity index (χ2n) is 4.76. The van der Waals surface area contributed by atoms with Gasteiger partial charge in [-0.1, -0.05) is 48.5 Å². The van der Waals surface area contributed by atoms with Crippen LogP contribution in [0.5, 0.6) is 0 Å². The number of fused-ring (bicyclic) bond motifs is 1. The zero-order valence-electron chi connectivity index (χ0n) is 11.5. The molecule has 2 aromatic rings. The predicted octanol–water partition coefficient (Wildman–Crippen LogP) is 4.09. The van der Waals surface area contributed by atoms with Crippen molar-refractivity contribution in [2.45, 2.75) is 22.8 Å². The highest BCUT2D eigenvalue weighted by atomic mass is 35.5. The Balaban J connectivity index is 1.92. The highest BCUT2D eigenvalue weighted by Gasteiger charge is 2.30. The molecule has 2 N–H and O–H groups in total. The molecule has 1 unspecified atom stereocenters. The molecule has 21 heavy (non-hydrogen) atoms. The van der Waals surface area contributed by atoms with E-state index in [-0.39, 0.29) is 11.9 Å². The summed E-state index contributed by atoms with van der Waals surface area (Å²) < 4.78 is 0. The number of nitrogens with one attached hydrogen (secondary N) is 2. The fourth-order valence-corrected chi connectivity index (χ4v) is 3.53. The topological polar surface area (TPSA) is 41.1 Å². The first-order valence-corrected chi connectivity index (χ1v) is 7.99. The molecule has 3 nitrogen and oxygen atoms in total. The molecule has 1 aliphatic heterocycles. The summed E-state index contributed by atoms with van der Waals surface area (Å²) in [4.78, 5) is 14.0. The molecule has 1 amide bonds. The SMILES string of the molecule is CCNC1C(=O)Nc2cc(Sc3ccccc3)c(Cl)cc21. The summed E-state index contributed by atoms with van der Waals surface area (Å²) in [6, 6.07) is 13.6. The molecule has 108 valence electrons. The summed E-state index contributed by atoms with van der Waals surface area (Å²) in [6.45, 7) is 2.71. The number of amides is 1. The Hall–Kier alpha value is -1.49. The van der Waals surface area contributed by atoms with Crippen LogP contribution >= 0.6 is 23.4 Å². The van der Waals surface area contributed by atoms with Crippen molar-refractivity contribution in [1.29, 1.82) is 0 Å². The molecular weight excluding hydrogens is 304 g/mol. The van der Waals surface area contributed by atoms with Crippen molar-refractivity contribution in [2.75, 3.05) is 11.9 Å². The third kappa shape index (κ3) is 2.93. The smallest absolute Gasteiger partial charge is 0.246 e. The average Bonchev–Trinajstić information content (AvgIpc) is 2.77. The maximum Gasteiger partial charge on any atom is 0.246 e. The third-order valence-electron chi connectivity index (χ3n) is 3.31.